The Morgan fingerprint density at radius 3 is 1.68 bits per heavy atom. The molecule has 41 heavy (non-hydrogen) atoms. The number of aliphatic hydroxyl groups excluding tert-OH is 1. The largest absolute Gasteiger partial charge is 0.507 e. The number of fused-ring (bicyclic) bond motifs is 2. The van der Waals surface area contributed by atoms with E-state index in [0.29, 0.717) is 0 Å². The van der Waals surface area contributed by atoms with Gasteiger partial charge < -0.3 is 25.5 Å². The smallest absolute Gasteiger partial charge is 0.194 e. The van der Waals surface area contributed by atoms with Crippen LogP contribution in [0.3, 0.4) is 0 Å². The number of rotatable bonds is 7. The van der Waals surface area contributed by atoms with Crippen LogP contribution in [-0.2, 0) is 0 Å². The van der Waals surface area contributed by atoms with Gasteiger partial charge in [-0.1, -0.05) is 23.3 Å². The summed E-state index contributed by atoms with van der Waals surface area (Å²) in [5, 5.41) is 52.9. The number of hydrogen-bond donors (Lipinski definition) is 5. The highest BCUT2D eigenvalue weighted by molar-refractivity contribution is 6.30. The zero-order chi connectivity index (χ0) is 30.3. The molecule has 0 aromatic heterocycles. The van der Waals surface area contributed by atoms with E-state index in [-0.39, 0.29) is 35.1 Å². The summed E-state index contributed by atoms with van der Waals surface area (Å²) in [6.45, 7) is 7.20. The number of ketones is 4. The van der Waals surface area contributed by atoms with Crippen LogP contribution in [0.5, 0.6) is 23.0 Å². The van der Waals surface area contributed by atoms with Gasteiger partial charge >= 0.3 is 0 Å². The molecule has 0 saturated carbocycles. The molecule has 2 aliphatic carbocycles. The van der Waals surface area contributed by atoms with E-state index in [0.717, 1.165) is 41.5 Å². The van der Waals surface area contributed by atoms with Crippen LogP contribution < -0.4 is 0 Å². The average Bonchev–Trinajstić information content (AvgIpc) is 2.90. The summed E-state index contributed by atoms with van der Waals surface area (Å²) in [5.74, 6) is -6.71. The van der Waals surface area contributed by atoms with Gasteiger partial charge in [0.05, 0.1) is 28.4 Å². The van der Waals surface area contributed by atoms with Gasteiger partial charge in [0.2, 0.25) is 0 Å². The Balaban J connectivity index is 1.86. The second-order valence-electron chi connectivity index (χ2n) is 10.6. The fraction of sp³-hybridized carbons (Fsp3) is 0.250. The average molecular weight is 559 g/mol. The van der Waals surface area contributed by atoms with Gasteiger partial charge in [-0.05, 0) is 70.9 Å². The topological polar surface area (TPSA) is 169 Å². The molecule has 0 aliphatic heterocycles. The number of Topliss-reactive ketones (excluding diaryl/α,β-unsaturated/α-hetero) is 2. The first-order valence-electron chi connectivity index (χ1n) is 12.9. The lowest BCUT2D eigenvalue weighted by molar-refractivity contribution is 0.0953. The van der Waals surface area contributed by atoms with Crippen LogP contribution in [-0.4, -0.2) is 48.7 Å². The van der Waals surface area contributed by atoms with Crippen LogP contribution >= 0.6 is 0 Å². The van der Waals surface area contributed by atoms with E-state index >= 15 is 0 Å². The van der Waals surface area contributed by atoms with Crippen LogP contribution in [0.1, 0.15) is 93.6 Å². The van der Waals surface area contributed by atoms with Crippen molar-refractivity contribution in [3.05, 3.63) is 92.6 Å². The van der Waals surface area contributed by atoms with Gasteiger partial charge in [-0.3, -0.25) is 19.2 Å². The van der Waals surface area contributed by atoms with Gasteiger partial charge in [0.25, 0.3) is 0 Å². The number of carbonyl (C=O) groups is 4. The molecular weight excluding hydrogens is 528 g/mol. The van der Waals surface area contributed by atoms with Crippen molar-refractivity contribution in [2.75, 3.05) is 0 Å². The molecule has 9 heteroatoms. The van der Waals surface area contributed by atoms with Crippen molar-refractivity contribution < 1.29 is 44.7 Å². The number of aliphatic hydroxyl groups is 1. The first-order chi connectivity index (χ1) is 19.2. The summed E-state index contributed by atoms with van der Waals surface area (Å²) >= 11 is 0. The van der Waals surface area contributed by atoms with Crippen molar-refractivity contribution >= 4 is 23.1 Å². The number of phenolic OH excluding ortho intramolecular Hbond substituents is 4. The van der Waals surface area contributed by atoms with Crippen LogP contribution in [0.4, 0.5) is 0 Å². The molecule has 2 aromatic carbocycles. The molecule has 0 fully saturated rings. The SMILES string of the molecule is CC(C)=CCC(C1=CC(=O)c2c(O)ccc(O)c2C1=O)C1=CC(=O)c2c(O)c(C(O)CC=C(C)C)cc(O)c2C1=O. The van der Waals surface area contributed by atoms with Crippen molar-refractivity contribution in [1.82, 2.24) is 0 Å². The highest BCUT2D eigenvalue weighted by Crippen LogP contribution is 2.45. The van der Waals surface area contributed by atoms with Gasteiger partial charge in [0.15, 0.2) is 23.1 Å². The highest BCUT2D eigenvalue weighted by atomic mass is 16.3. The molecule has 0 bridgehead atoms. The van der Waals surface area contributed by atoms with E-state index in [9.17, 15) is 44.7 Å². The lowest BCUT2D eigenvalue weighted by Gasteiger charge is -2.28. The van der Waals surface area contributed by atoms with Gasteiger partial charge in [-0.15, -0.1) is 0 Å². The van der Waals surface area contributed by atoms with Crippen LogP contribution in [0, 0.1) is 5.92 Å². The van der Waals surface area contributed by atoms with E-state index in [1.165, 1.54) is 0 Å². The Kier molecular flexibility index (Phi) is 7.85. The molecule has 2 atom stereocenters. The third-order valence-corrected chi connectivity index (χ3v) is 7.14. The lowest BCUT2D eigenvalue weighted by Crippen LogP contribution is -2.28. The minimum absolute atomic E-state index is 0.00846. The fourth-order valence-corrected chi connectivity index (χ4v) is 5.08. The van der Waals surface area contributed by atoms with Crippen LogP contribution in [0.2, 0.25) is 0 Å². The quantitative estimate of drug-likeness (QED) is 0.227. The maximum atomic E-state index is 13.8. The minimum atomic E-state index is -1.26. The summed E-state index contributed by atoms with van der Waals surface area (Å²) in [4.78, 5) is 53.8. The zero-order valence-corrected chi connectivity index (χ0v) is 23.0. The predicted octanol–water partition coefficient (Wildman–Crippen LogP) is 5.18. The van der Waals surface area contributed by atoms with Gasteiger partial charge in [0.1, 0.15) is 23.0 Å². The molecule has 2 unspecified atom stereocenters. The molecule has 0 heterocycles. The maximum Gasteiger partial charge on any atom is 0.194 e. The van der Waals surface area contributed by atoms with Gasteiger partial charge in [0, 0.05) is 22.6 Å². The fourth-order valence-electron chi connectivity index (χ4n) is 5.08. The number of phenols is 4. The summed E-state index contributed by atoms with van der Waals surface area (Å²) < 4.78 is 0. The van der Waals surface area contributed by atoms with Gasteiger partial charge in [-0.25, -0.2) is 0 Å². The summed E-state index contributed by atoms with van der Waals surface area (Å²) in [5.41, 5.74) is -0.536. The number of benzene rings is 2. The Morgan fingerprint density at radius 2 is 1.15 bits per heavy atom. The minimum Gasteiger partial charge on any atom is -0.507 e. The van der Waals surface area contributed by atoms with Crippen molar-refractivity contribution in [3.63, 3.8) is 0 Å². The van der Waals surface area contributed by atoms with E-state index in [2.05, 4.69) is 0 Å². The van der Waals surface area contributed by atoms with Crippen molar-refractivity contribution in [2.24, 2.45) is 5.92 Å². The lowest BCUT2D eigenvalue weighted by atomic mass is 9.73. The monoisotopic (exact) mass is 558 g/mol. The van der Waals surface area contributed by atoms with E-state index in [4.69, 9.17) is 0 Å². The van der Waals surface area contributed by atoms with E-state index in [1.54, 1.807) is 26.0 Å². The molecule has 4 rings (SSSR count). The predicted molar refractivity (Wildman–Crippen MR) is 150 cm³/mol. The van der Waals surface area contributed by atoms with E-state index < -0.39 is 74.8 Å². The Bertz CT molecular complexity index is 1640. The molecule has 0 amide bonds. The molecule has 0 radical (unpaired) electrons. The first-order valence-corrected chi connectivity index (χ1v) is 12.9. The Hall–Kier alpha value is -4.76. The molecule has 212 valence electrons. The Labute approximate surface area is 236 Å². The molecule has 0 saturated heterocycles. The third kappa shape index (κ3) is 5.24. The zero-order valence-electron chi connectivity index (χ0n) is 23.0. The van der Waals surface area contributed by atoms with Crippen molar-refractivity contribution in [3.8, 4) is 23.0 Å². The normalized spacial score (nSPS) is 15.8. The molecule has 9 nitrogen and oxygen atoms in total. The van der Waals surface area contributed by atoms with Crippen LogP contribution in [0.15, 0.2) is 64.8 Å². The number of carbonyl (C=O) groups excluding carboxylic acids is 4. The number of aromatic hydroxyl groups is 4. The van der Waals surface area contributed by atoms with Crippen molar-refractivity contribution in [2.45, 2.75) is 46.6 Å². The number of allylic oxidation sites excluding steroid dienone is 7. The van der Waals surface area contributed by atoms with Crippen LogP contribution in [0.25, 0.3) is 0 Å². The summed E-state index contributed by atoms with van der Waals surface area (Å²) in [6.07, 6.45) is 4.18. The Morgan fingerprint density at radius 1 is 0.683 bits per heavy atom. The second-order valence-corrected chi connectivity index (χ2v) is 10.6. The first kappa shape index (κ1) is 29.2. The van der Waals surface area contributed by atoms with Gasteiger partial charge in [-0.2, -0.15) is 0 Å². The molecule has 5 N–H and O–H groups in total. The molecule has 2 aromatic rings. The molecule has 2 aliphatic rings. The van der Waals surface area contributed by atoms with Crippen molar-refractivity contribution in [1.29, 1.82) is 0 Å². The standard InChI is InChI=1S/C32H30O9/c1-14(2)5-7-16(17-11-23(36)26-21(34)9-10-22(35)27(26)30(17)39)18-12-24(37)29-28(31(18)40)25(38)13-19(32(29)41)20(33)8-6-15(3)4/h5-6,9-13,16,20,33-35,38,41H,7-8H2,1-4H3. The highest BCUT2D eigenvalue weighted by Gasteiger charge is 2.41. The summed E-state index contributed by atoms with van der Waals surface area (Å²) in [7, 11) is 0. The maximum absolute atomic E-state index is 13.8. The summed E-state index contributed by atoms with van der Waals surface area (Å²) in [6, 6.07) is 3.19. The third-order valence-electron chi connectivity index (χ3n) is 7.14. The number of hydrogen-bond acceptors (Lipinski definition) is 9. The van der Waals surface area contributed by atoms with E-state index in [1.807, 2.05) is 13.8 Å². The second kappa shape index (κ2) is 11.0. The molecule has 0 spiro atoms. The molecular formula is C32H30O9.